The lowest BCUT2D eigenvalue weighted by Gasteiger charge is -2.28. The maximum Gasteiger partial charge on any atom is 0.124 e. The van der Waals surface area contributed by atoms with Gasteiger partial charge in [0.15, 0.2) is 0 Å². The third-order valence-electron chi connectivity index (χ3n) is 22.2. The molecule has 0 saturated carbocycles. The van der Waals surface area contributed by atoms with E-state index in [2.05, 4.69) is 424 Å². The van der Waals surface area contributed by atoms with Crippen LogP contribution < -0.4 is 9.80 Å². The second kappa shape index (κ2) is 28.2. The van der Waals surface area contributed by atoms with Crippen LogP contribution in [0.25, 0.3) is 151 Å². The van der Waals surface area contributed by atoms with Crippen molar-refractivity contribution >= 4 is 120 Å². The van der Waals surface area contributed by atoms with Crippen molar-refractivity contribution in [2.75, 3.05) is 9.80 Å². The van der Waals surface area contributed by atoms with Crippen molar-refractivity contribution in [2.24, 2.45) is 0 Å². The van der Waals surface area contributed by atoms with Gasteiger partial charge >= 0.3 is 0 Å². The highest BCUT2D eigenvalue weighted by Crippen LogP contribution is 2.52. The first-order chi connectivity index (χ1) is 54.7. The second-order valence-electron chi connectivity index (χ2n) is 29.2. The molecule has 111 heavy (non-hydrogen) atoms. The Bertz CT molecular complexity index is 6760. The van der Waals surface area contributed by atoms with Crippen molar-refractivity contribution in [3.8, 4) is 87.9 Å². The smallest absolute Gasteiger partial charge is 0.124 e. The molecular weight excluding hydrogens is 1380 g/mol. The molecule has 0 saturated heterocycles. The van der Waals surface area contributed by atoms with Gasteiger partial charge < -0.3 is 9.80 Å². The van der Waals surface area contributed by atoms with Crippen molar-refractivity contribution in [3.05, 3.63) is 412 Å². The number of nitrogens with zero attached hydrogens (tertiary/aromatic N) is 4. The number of benzene rings is 18. The van der Waals surface area contributed by atoms with Crippen LogP contribution in [0.4, 0.5) is 34.1 Å². The highest BCUT2D eigenvalue weighted by Gasteiger charge is 2.36. The fourth-order valence-corrected chi connectivity index (χ4v) is 18.4. The molecule has 2 aromatic heterocycles. The largest absolute Gasteiger partial charge is 0.311 e. The Morgan fingerprint density at radius 3 is 0.901 bits per heavy atom. The van der Waals surface area contributed by atoms with E-state index in [1.807, 2.05) is 0 Å². The van der Waals surface area contributed by atoms with Crippen LogP contribution in [0.2, 0.25) is 0 Å². The Morgan fingerprint density at radius 2 is 0.514 bits per heavy atom. The Kier molecular flexibility index (Phi) is 17.0. The van der Waals surface area contributed by atoms with Crippen LogP contribution in [-0.4, -0.2) is 9.97 Å². The van der Waals surface area contributed by atoms with Gasteiger partial charge in [-0.05, 0) is 207 Å². The maximum atomic E-state index is 5.19. The average molecular weight is 1450 g/mol. The summed E-state index contributed by atoms with van der Waals surface area (Å²) >= 11 is 3.52. The van der Waals surface area contributed by atoms with E-state index in [9.17, 15) is 0 Å². The number of anilines is 6. The van der Waals surface area contributed by atoms with Gasteiger partial charge in [0.05, 0.1) is 20.4 Å². The molecule has 4 nitrogen and oxygen atoms in total. The van der Waals surface area contributed by atoms with Crippen LogP contribution in [0.1, 0.15) is 25.0 Å². The van der Waals surface area contributed by atoms with Crippen molar-refractivity contribution in [2.45, 2.75) is 19.3 Å². The predicted octanol–water partition coefficient (Wildman–Crippen LogP) is 30.1. The number of rotatable bonds is 13. The van der Waals surface area contributed by atoms with Crippen molar-refractivity contribution in [1.82, 2.24) is 9.97 Å². The van der Waals surface area contributed by atoms with E-state index >= 15 is 0 Å². The third-order valence-corrected chi connectivity index (χ3v) is 24.3. The van der Waals surface area contributed by atoms with E-state index in [-0.39, 0.29) is 5.41 Å². The molecule has 2 heterocycles. The fourth-order valence-electron chi connectivity index (χ4n) is 16.5. The number of thiazole rings is 2. The minimum Gasteiger partial charge on any atom is -0.311 e. The zero-order valence-electron chi connectivity index (χ0n) is 61.2. The number of hydrogen-bond donors (Lipinski definition) is 0. The molecule has 20 aromatic rings. The van der Waals surface area contributed by atoms with Crippen molar-refractivity contribution in [3.63, 3.8) is 0 Å². The van der Waals surface area contributed by atoms with Crippen LogP contribution in [-0.2, 0) is 5.41 Å². The summed E-state index contributed by atoms with van der Waals surface area (Å²) in [5.41, 5.74) is 28.5. The molecule has 0 N–H and O–H groups in total. The molecule has 0 amide bonds. The van der Waals surface area contributed by atoms with Crippen LogP contribution in [0, 0.1) is 0 Å². The van der Waals surface area contributed by atoms with E-state index < -0.39 is 0 Å². The van der Waals surface area contributed by atoms with Gasteiger partial charge in [0, 0.05) is 61.4 Å². The summed E-state index contributed by atoms with van der Waals surface area (Å²) in [6.45, 7) is 4.70. The van der Waals surface area contributed by atoms with E-state index in [0.29, 0.717) is 0 Å². The maximum absolute atomic E-state index is 5.19. The summed E-state index contributed by atoms with van der Waals surface area (Å²) in [6, 6.07) is 145. The summed E-state index contributed by atoms with van der Waals surface area (Å²) < 4.78 is 2.42. The predicted molar refractivity (Wildman–Crippen MR) is 474 cm³/mol. The summed E-state index contributed by atoms with van der Waals surface area (Å²) in [5.74, 6) is 0. The van der Waals surface area contributed by atoms with E-state index in [4.69, 9.17) is 9.97 Å². The second-order valence-corrected chi connectivity index (χ2v) is 31.3. The minimum atomic E-state index is -0.0918. The highest BCUT2D eigenvalue weighted by atomic mass is 32.1. The Balaban J connectivity index is 0.000000145. The Hall–Kier alpha value is -13.6. The molecule has 21 rings (SSSR count). The first-order valence-electron chi connectivity index (χ1n) is 37.9. The summed E-state index contributed by atoms with van der Waals surface area (Å²) in [7, 11) is 0. The lowest BCUT2D eigenvalue weighted by Crippen LogP contribution is -2.16. The lowest BCUT2D eigenvalue weighted by molar-refractivity contribution is 0.660. The van der Waals surface area contributed by atoms with Gasteiger partial charge in [-0.1, -0.05) is 317 Å². The van der Waals surface area contributed by atoms with Gasteiger partial charge in [-0.2, -0.15) is 0 Å². The van der Waals surface area contributed by atoms with Gasteiger partial charge in [-0.3, -0.25) is 0 Å². The van der Waals surface area contributed by atoms with Gasteiger partial charge in [0.2, 0.25) is 0 Å². The molecule has 18 aromatic carbocycles. The van der Waals surface area contributed by atoms with Gasteiger partial charge in [0.1, 0.15) is 10.0 Å². The van der Waals surface area contributed by atoms with Crippen LogP contribution >= 0.6 is 22.7 Å². The van der Waals surface area contributed by atoms with Crippen LogP contribution in [0.3, 0.4) is 0 Å². The van der Waals surface area contributed by atoms with Crippen molar-refractivity contribution < 1.29 is 0 Å². The molecule has 1 aliphatic carbocycles. The van der Waals surface area contributed by atoms with E-state index in [0.717, 1.165) is 66.3 Å². The van der Waals surface area contributed by atoms with E-state index in [1.54, 1.807) is 22.7 Å². The van der Waals surface area contributed by atoms with Crippen molar-refractivity contribution in [1.29, 1.82) is 0 Å². The lowest BCUT2D eigenvalue weighted by atomic mass is 9.82. The molecule has 0 radical (unpaired) electrons. The quantitative estimate of drug-likeness (QED) is 0.108. The molecule has 0 atom stereocenters. The molecule has 0 bridgehead atoms. The van der Waals surface area contributed by atoms with E-state index in [1.165, 1.54) is 130 Å². The molecule has 0 aliphatic heterocycles. The Morgan fingerprint density at radius 1 is 0.225 bits per heavy atom. The summed E-state index contributed by atoms with van der Waals surface area (Å²) in [5, 5.41) is 11.9. The third kappa shape index (κ3) is 12.5. The fraction of sp³-hybridized carbons (Fsp3) is 0.0286. The van der Waals surface area contributed by atoms with Crippen LogP contribution in [0.5, 0.6) is 0 Å². The average Bonchev–Trinajstić information content (AvgIpc) is 1.57. The standard InChI is InChI=1S/C54H38N2S.C51H34N2S/c1-54(2)48-16-10-9-15-46(48)47-31-29-44(34-49(47)54)56(42-25-19-36(20-26-42)35-11-5-3-6-12-35)43-27-21-37(22-28-43)40-23-30-45-41(33-40)18-17-38-24-32-50-52(51(38)45)55-53(57-50)39-13-7-4-8-14-39;1-4-10-35(11-5-1)37-18-26-44(27-19-37)53(45-28-20-38(21-29-45)36-12-6-2-7-13-36)46-30-22-39(23-31-46)42-24-32-47-43(34-42)17-16-40-25-33-48-50(49(40)47)52-51(54-48)41-14-8-3-9-15-41/h3-34H,1-2H3;1-34H. The number of fused-ring (bicyclic) bond motifs is 13. The normalized spacial score (nSPS) is 12.1. The number of hydrogen-bond acceptors (Lipinski definition) is 6. The zero-order chi connectivity index (χ0) is 73.9. The molecular formula is C105H72N4S2. The Labute approximate surface area is 654 Å². The zero-order valence-corrected chi connectivity index (χ0v) is 62.8. The van der Waals surface area contributed by atoms with Crippen LogP contribution in [0.15, 0.2) is 400 Å². The molecule has 6 heteroatoms. The summed E-state index contributed by atoms with van der Waals surface area (Å²) in [6.07, 6.45) is 0. The van der Waals surface area contributed by atoms with Gasteiger partial charge in [0.25, 0.3) is 0 Å². The monoisotopic (exact) mass is 1450 g/mol. The van der Waals surface area contributed by atoms with Gasteiger partial charge in [-0.15, -0.1) is 22.7 Å². The number of aromatic nitrogens is 2. The van der Waals surface area contributed by atoms with Gasteiger partial charge in [-0.25, -0.2) is 9.97 Å². The topological polar surface area (TPSA) is 32.3 Å². The first-order valence-corrected chi connectivity index (χ1v) is 39.5. The summed E-state index contributed by atoms with van der Waals surface area (Å²) in [4.78, 5) is 15.1. The SMILES string of the molecule is CC1(C)c2ccccc2-c2ccc(N(c3ccc(-c4ccccc4)cc3)c3ccc(-c4ccc5c(ccc6ccc7sc(-c8ccccc8)nc7c65)c4)cc3)cc21.c1ccc(-c2ccc(N(c3ccc(-c4ccccc4)cc3)c3ccc(-c4ccc5c(ccc6ccc7sc(-c8ccccc8)nc7c65)c4)cc3)cc2)cc1. The molecule has 0 unspecified atom stereocenters. The molecule has 0 fully saturated rings. The molecule has 1 aliphatic rings. The highest BCUT2D eigenvalue weighted by molar-refractivity contribution is 7.22. The molecule has 0 spiro atoms. The first kappa shape index (κ1) is 66.8. The molecule has 524 valence electrons. The minimum absolute atomic E-state index is 0.0918.